The molecule has 0 amide bonds. The maximum absolute atomic E-state index is 12.2. The molecule has 162 valence electrons. The minimum absolute atomic E-state index is 0.179. The number of hydrogen-bond donors (Lipinski definition) is 2. The molecule has 5 saturated carbocycles. The first-order valence-corrected chi connectivity index (χ1v) is 11.9. The van der Waals surface area contributed by atoms with Crippen molar-refractivity contribution in [1.82, 2.24) is 0 Å². The number of aliphatic hydroxyl groups is 1. The van der Waals surface area contributed by atoms with Crippen molar-refractivity contribution in [2.45, 2.75) is 70.3 Å². The van der Waals surface area contributed by atoms with Gasteiger partial charge in [-0.05, 0) is 104 Å². The van der Waals surface area contributed by atoms with Crippen molar-refractivity contribution in [3.8, 4) is 0 Å². The Hall–Kier alpha value is -1.62. The Morgan fingerprint density at radius 2 is 2.03 bits per heavy atom. The topological polar surface area (TPSA) is 83.8 Å². The number of ether oxygens (including phenoxy) is 1. The SMILES string of the molecule is CC[C@]12CC[C@H]3[C@@H](CC4(CC4)C4=CC(=O)CC[C@@H]43)[C@@H]1[C@H]1C[C@H]1[C@@]2(O)/C=C\OC(=O)O. The van der Waals surface area contributed by atoms with Crippen molar-refractivity contribution < 1.29 is 24.5 Å². The van der Waals surface area contributed by atoms with Crippen molar-refractivity contribution >= 4 is 11.9 Å². The van der Waals surface area contributed by atoms with Crippen LogP contribution in [0.4, 0.5) is 4.79 Å². The van der Waals surface area contributed by atoms with Crippen molar-refractivity contribution in [1.29, 1.82) is 0 Å². The molecule has 5 fully saturated rings. The van der Waals surface area contributed by atoms with E-state index in [1.807, 2.05) is 6.08 Å². The number of rotatable bonds is 3. The highest BCUT2D eigenvalue weighted by Crippen LogP contribution is 2.79. The lowest BCUT2D eigenvalue weighted by Crippen LogP contribution is -2.56. The molecule has 5 nitrogen and oxygen atoms in total. The number of carbonyl (C=O) groups excluding carboxylic acids is 1. The molecule has 0 unspecified atom stereocenters. The lowest BCUT2D eigenvalue weighted by atomic mass is 9.46. The molecule has 0 aromatic carbocycles. The Bertz CT molecular complexity index is 869. The van der Waals surface area contributed by atoms with Crippen molar-refractivity contribution in [3.63, 3.8) is 0 Å². The Morgan fingerprint density at radius 3 is 2.73 bits per heavy atom. The molecule has 5 heteroatoms. The Labute approximate surface area is 177 Å². The zero-order valence-corrected chi connectivity index (χ0v) is 17.7. The van der Waals surface area contributed by atoms with Gasteiger partial charge in [0, 0.05) is 11.8 Å². The summed E-state index contributed by atoms with van der Waals surface area (Å²) in [5, 5.41) is 20.8. The van der Waals surface area contributed by atoms with Crippen LogP contribution in [0.15, 0.2) is 24.0 Å². The van der Waals surface area contributed by atoms with Gasteiger partial charge in [0.25, 0.3) is 0 Å². The largest absolute Gasteiger partial charge is 0.510 e. The lowest BCUT2D eigenvalue weighted by molar-refractivity contribution is -0.132. The van der Waals surface area contributed by atoms with Crippen molar-refractivity contribution in [3.05, 3.63) is 24.0 Å². The van der Waals surface area contributed by atoms with Gasteiger partial charge in [-0.2, -0.15) is 0 Å². The Kier molecular flexibility index (Phi) is 3.82. The third-order valence-corrected chi connectivity index (χ3v) is 10.4. The van der Waals surface area contributed by atoms with E-state index in [1.165, 1.54) is 31.1 Å². The van der Waals surface area contributed by atoms with Gasteiger partial charge in [0.2, 0.25) is 0 Å². The zero-order valence-electron chi connectivity index (χ0n) is 17.7. The maximum atomic E-state index is 12.2. The number of carboxylic acid groups (broad SMARTS) is 1. The van der Waals surface area contributed by atoms with Gasteiger partial charge in [-0.3, -0.25) is 4.79 Å². The van der Waals surface area contributed by atoms with Crippen LogP contribution in [0.1, 0.15) is 64.7 Å². The number of ketones is 1. The molecule has 0 saturated heterocycles. The highest BCUT2D eigenvalue weighted by molar-refractivity contribution is 5.91. The third-order valence-electron chi connectivity index (χ3n) is 10.4. The first-order chi connectivity index (χ1) is 14.4. The molecule has 0 aromatic heterocycles. The molecular formula is C25H32O5. The van der Waals surface area contributed by atoms with Crippen LogP contribution >= 0.6 is 0 Å². The van der Waals surface area contributed by atoms with Crippen LogP contribution in [0.2, 0.25) is 0 Å². The summed E-state index contributed by atoms with van der Waals surface area (Å²) < 4.78 is 4.67. The molecule has 0 aliphatic heterocycles. The van der Waals surface area contributed by atoms with Crippen molar-refractivity contribution in [2.24, 2.45) is 46.3 Å². The molecule has 8 atom stereocenters. The number of fused-ring (bicyclic) bond motifs is 8. The smallest absolute Gasteiger partial charge is 0.449 e. The molecule has 0 radical (unpaired) electrons. The number of carbonyl (C=O) groups is 2. The van der Waals surface area contributed by atoms with E-state index in [0.717, 1.165) is 32.1 Å². The third kappa shape index (κ3) is 2.28. The summed E-state index contributed by atoms with van der Waals surface area (Å²) in [4.78, 5) is 23.0. The number of hydrogen-bond acceptors (Lipinski definition) is 4. The Balaban J connectivity index is 1.38. The van der Waals surface area contributed by atoms with Gasteiger partial charge in [0.05, 0.1) is 11.9 Å². The summed E-state index contributed by atoms with van der Waals surface area (Å²) in [7, 11) is 0. The van der Waals surface area contributed by atoms with Gasteiger partial charge >= 0.3 is 6.16 Å². The van der Waals surface area contributed by atoms with Crippen LogP contribution in [0.25, 0.3) is 0 Å². The fourth-order valence-electron chi connectivity index (χ4n) is 9.13. The summed E-state index contributed by atoms with van der Waals surface area (Å²) in [6.07, 6.45) is 13.0. The van der Waals surface area contributed by atoms with E-state index in [0.29, 0.717) is 41.8 Å². The van der Waals surface area contributed by atoms with Crippen LogP contribution < -0.4 is 0 Å². The average Bonchev–Trinajstić information content (AvgIpc) is 3.63. The van der Waals surface area contributed by atoms with Gasteiger partial charge in [0.15, 0.2) is 5.78 Å². The number of allylic oxidation sites excluding steroid dienone is 1. The quantitative estimate of drug-likeness (QED) is 0.518. The average molecular weight is 413 g/mol. The second-order valence-corrected chi connectivity index (χ2v) is 11.1. The van der Waals surface area contributed by atoms with Gasteiger partial charge in [-0.15, -0.1) is 0 Å². The first-order valence-electron chi connectivity index (χ1n) is 11.9. The van der Waals surface area contributed by atoms with Gasteiger partial charge in [-0.25, -0.2) is 4.79 Å². The molecule has 0 bridgehead atoms. The van der Waals surface area contributed by atoms with Crippen LogP contribution in [0, 0.1) is 46.3 Å². The van der Waals surface area contributed by atoms with Gasteiger partial charge in [-0.1, -0.05) is 12.5 Å². The van der Waals surface area contributed by atoms with E-state index in [9.17, 15) is 14.7 Å². The van der Waals surface area contributed by atoms with Gasteiger partial charge < -0.3 is 14.9 Å². The van der Waals surface area contributed by atoms with E-state index >= 15 is 0 Å². The molecule has 2 N–H and O–H groups in total. The van der Waals surface area contributed by atoms with Crippen LogP contribution in [0.3, 0.4) is 0 Å². The van der Waals surface area contributed by atoms with E-state index in [2.05, 4.69) is 11.7 Å². The summed E-state index contributed by atoms with van der Waals surface area (Å²) >= 11 is 0. The molecule has 6 aliphatic carbocycles. The zero-order chi connectivity index (χ0) is 20.9. The molecule has 0 aromatic rings. The molecule has 6 rings (SSSR count). The van der Waals surface area contributed by atoms with Gasteiger partial charge in [0.1, 0.15) is 0 Å². The van der Waals surface area contributed by atoms with E-state index in [1.54, 1.807) is 6.08 Å². The van der Waals surface area contributed by atoms with E-state index in [4.69, 9.17) is 5.11 Å². The second kappa shape index (κ2) is 5.99. The Morgan fingerprint density at radius 1 is 1.23 bits per heavy atom. The van der Waals surface area contributed by atoms with E-state index in [-0.39, 0.29) is 16.7 Å². The molecular weight excluding hydrogens is 380 g/mol. The monoisotopic (exact) mass is 412 g/mol. The summed E-state index contributed by atoms with van der Waals surface area (Å²) in [5.41, 5.74) is 0.611. The summed E-state index contributed by atoms with van der Waals surface area (Å²) in [5.74, 6) is 3.43. The molecule has 0 heterocycles. The highest BCUT2D eigenvalue weighted by atomic mass is 16.7. The minimum atomic E-state index is -1.33. The highest BCUT2D eigenvalue weighted by Gasteiger charge is 2.77. The minimum Gasteiger partial charge on any atom is -0.449 e. The summed E-state index contributed by atoms with van der Waals surface area (Å²) in [6.45, 7) is 2.20. The summed E-state index contributed by atoms with van der Waals surface area (Å²) in [6, 6.07) is 0. The van der Waals surface area contributed by atoms with E-state index < -0.39 is 11.8 Å². The van der Waals surface area contributed by atoms with Crippen LogP contribution in [-0.2, 0) is 9.53 Å². The lowest BCUT2D eigenvalue weighted by Gasteiger charge is -2.59. The fourth-order valence-corrected chi connectivity index (χ4v) is 9.13. The van der Waals surface area contributed by atoms with Crippen molar-refractivity contribution in [2.75, 3.05) is 0 Å². The molecule has 30 heavy (non-hydrogen) atoms. The first kappa shape index (κ1) is 19.1. The van der Waals surface area contributed by atoms with Crippen LogP contribution in [-0.4, -0.2) is 27.8 Å². The predicted molar refractivity (Wildman–Crippen MR) is 109 cm³/mol. The molecule has 1 spiro atoms. The maximum Gasteiger partial charge on any atom is 0.510 e. The van der Waals surface area contributed by atoms with Crippen LogP contribution in [0.5, 0.6) is 0 Å². The standard InChI is InChI=1S/C25H32O5/c1-2-24-6-5-15-16-4-3-14(26)11-19(16)23(7-8-23)13-18(15)21(24)17-12-20(17)25(24,29)9-10-30-22(27)28/h9-11,15-18,20-21,29H,2-8,12-13H2,1H3,(H,27,28)/b10-9-/t15-,16-,17+,18-,20-,21+,24+,25+/m1/s1. The molecule has 6 aliphatic rings. The fraction of sp³-hybridized carbons (Fsp3) is 0.760. The normalized spacial score (nSPS) is 49.7. The second-order valence-electron chi connectivity index (χ2n) is 11.1. The predicted octanol–water partition coefficient (Wildman–Crippen LogP) is 4.70.